The summed E-state index contributed by atoms with van der Waals surface area (Å²) in [6.45, 7) is 7.58. The van der Waals surface area contributed by atoms with Crippen LogP contribution in [0.3, 0.4) is 0 Å². The number of hydrogen-bond donors (Lipinski definition) is 1. The van der Waals surface area contributed by atoms with Crippen molar-refractivity contribution in [2.75, 3.05) is 33.7 Å². The number of carbonyl (C=O) groups is 2. The van der Waals surface area contributed by atoms with Gasteiger partial charge in [0.25, 0.3) is 0 Å². The maximum Gasteiger partial charge on any atom is 0.241 e. The Morgan fingerprint density at radius 1 is 1.17 bits per heavy atom. The molecule has 0 aliphatic rings. The molecule has 0 saturated heterocycles. The number of amides is 2. The molecule has 0 spiro atoms. The number of nitrogens with one attached hydrogen (secondary N) is 1. The van der Waals surface area contributed by atoms with E-state index in [2.05, 4.69) is 5.32 Å². The van der Waals surface area contributed by atoms with Crippen LogP contribution in [0.1, 0.15) is 33.6 Å². The van der Waals surface area contributed by atoms with Crippen molar-refractivity contribution < 1.29 is 9.59 Å². The van der Waals surface area contributed by atoms with Crippen molar-refractivity contribution in [2.24, 2.45) is 0 Å². The maximum absolute atomic E-state index is 12.0. The summed E-state index contributed by atoms with van der Waals surface area (Å²) in [5, 5.41) is 3.21. The van der Waals surface area contributed by atoms with Gasteiger partial charge in [0.05, 0.1) is 6.54 Å². The third-order valence-corrected chi connectivity index (χ3v) is 2.56. The highest BCUT2D eigenvalue weighted by molar-refractivity contribution is 5.84. The average molecular weight is 257 g/mol. The fraction of sp³-hybridized carbons (Fsp3) is 0.846. The monoisotopic (exact) mass is 257 g/mol. The van der Waals surface area contributed by atoms with E-state index in [4.69, 9.17) is 0 Å². The Bertz CT molecular complexity index is 265. The summed E-state index contributed by atoms with van der Waals surface area (Å²) < 4.78 is 0. The zero-order chi connectivity index (χ0) is 14.1. The molecule has 0 aliphatic heterocycles. The number of rotatable bonds is 8. The molecular formula is C13H27N3O2. The quantitative estimate of drug-likeness (QED) is 0.696. The van der Waals surface area contributed by atoms with Crippen molar-refractivity contribution in [3.8, 4) is 0 Å². The van der Waals surface area contributed by atoms with Gasteiger partial charge in [-0.25, -0.2) is 0 Å². The lowest BCUT2D eigenvalue weighted by Crippen LogP contribution is -2.41. The van der Waals surface area contributed by atoms with Crippen LogP contribution in [0.5, 0.6) is 0 Å². The summed E-state index contributed by atoms with van der Waals surface area (Å²) >= 11 is 0. The number of nitrogens with zero attached hydrogens (tertiary/aromatic N) is 2. The first-order valence-electron chi connectivity index (χ1n) is 6.59. The minimum absolute atomic E-state index is 0.0337. The van der Waals surface area contributed by atoms with Crippen LogP contribution in [0.2, 0.25) is 0 Å². The van der Waals surface area contributed by atoms with Crippen LogP contribution < -0.4 is 5.32 Å². The molecule has 0 fully saturated rings. The van der Waals surface area contributed by atoms with Crippen LogP contribution in [-0.2, 0) is 9.59 Å². The maximum atomic E-state index is 12.0. The van der Waals surface area contributed by atoms with E-state index in [0.29, 0.717) is 25.6 Å². The fourth-order valence-corrected chi connectivity index (χ4v) is 1.49. The lowest BCUT2D eigenvalue weighted by atomic mass is 10.3. The van der Waals surface area contributed by atoms with Crippen LogP contribution in [0.4, 0.5) is 0 Å². The Kier molecular flexibility index (Phi) is 8.37. The van der Waals surface area contributed by atoms with Gasteiger partial charge in [-0.05, 0) is 6.42 Å². The highest BCUT2D eigenvalue weighted by atomic mass is 16.2. The summed E-state index contributed by atoms with van der Waals surface area (Å²) in [6.07, 6.45) is 1.31. The summed E-state index contributed by atoms with van der Waals surface area (Å²) in [4.78, 5) is 26.8. The molecule has 1 N–H and O–H groups in total. The smallest absolute Gasteiger partial charge is 0.241 e. The molecule has 0 aromatic carbocycles. The Balaban J connectivity index is 4.22. The van der Waals surface area contributed by atoms with E-state index >= 15 is 0 Å². The average Bonchev–Trinajstić information content (AvgIpc) is 2.27. The van der Waals surface area contributed by atoms with Gasteiger partial charge >= 0.3 is 0 Å². The highest BCUT2D eigenvalue weighted by Gasteiger charge is 2.16. The molecule has 5 nitrogen and oxygen atoms in total. The number of likely N-dealkylation sites (N-methyl/N-ethyl adjacent to an activating group) is 1. The van der Waals surface area contributed by atoms with E-state index in [1.165, 1.54) is 4.90 Å². The van der Waals surface area contributed by atoms with Gasteiger partial charge in [0.15, 0.2) is 0 Å². The second-order valence-corrected chi connectivity index (χ2v) is 4.96. The largest absolute Gasteiger partial charge is 0.347 e. The first-order chi connectivity index (χ1) is 8.38. The van der Waals surface area contributed by atoms with Crippen molar-refractivity contribution in [1.82, 2.24) is 15.1 Å². The first-order valence-corrected chi connectivity index (χ1v) is 6.59. The Morgan fingerprint density at radius 3 is 2.22 bits per heavy atom. The number of carbonyl (C=O) groups excluding carboxylic acids is 2. The van der Waals surface area contributed by atoms with Gasteiger partial charge in [-0.2, -0.15) is 0 Å². The predicted octanol–water partition coefficient (Wildman–Crippen LogP) is 0.701. The molecule has 0 saturated carbocycles. The third-order valence-electron chi connectivity index (χ3n) is 2.56. The molecule has 0 aliphatic carbocycles. The Labute approximate surface area is 111 Å². The second kappa shape index (κ2) is 8.91. The molecular weight excluding hydrogens is 230 g/mol. The SMILES string of the molecule is CCCN(CC(=O)N(C)C)C(=O)CCNC(C)C. The van der Waals surface area contributed by atoms with Crippen LogP contribution in [-0.4, -0.2) is 61.4 Å². The molecule has 0 unspecified atom stereocenters. The van der Waals surface area contributed by atoms with Crippen LogP contribution >= 0.6 is 0 Å². The molecule has 0 atom stereocenters. The summed E-state index contributed by atoms with van der Waals surface area (Å²) in [6, 6.07) is 0.376. The van der Waals surface area contributed by atoms with Crippen molar-refractivity contribution in [3.63, 3.8) is 0 Å². The van der Waals surface area contributed by atoms with E-state index in [1.807, 2.05) is 20.8 Å². The minimum atomic E-state index is -0.0337. The molecule has 5 heteroatoms. The van der Waals surface area contributed by atoms with E-state index in [9.17, 15) is 9.59 Å². The normalized spacial score (nSPS) is 10.6. The molecule has 0 rings (SSSR count). The zero-order valence-corrected chi connectivity index (χ0v) is 12.3. The van der Waals surface area contributed by atoms with Crippen molar-refractivity contribution in [1.29, 1.82) is 0 Å². The molecule has 0 aromatic rings. The van der Waals surface area contributed by atoms with Crippen LogP contribution in [0.15, 0.2) is 0 Å². The van der Waals surface area contributed by atoms with Gasteiger partial charge in [-0.3, -0.25) is 9.59 Å². The zero-order valence-electron chi connectivity index (χ0n) is 12.3. The van der Waals surface area contributed by atoms with Gasteiger partial charge in [0.1, 0.15) is 0 Å². The molecule has 0 aromatic heterocycles. The lowest BCUT2D eigenvalue weighted by Gasteiger charge is -2.23. The Hall–Kier alpha value is -1.10. The third kappa shape index (κ3) is 7.27. The molecule has 0 bridgehead atoms. The lowest BCUT2D eigenvalue weighted by molar-refractivity contribution is -0.139. The van der Waals surface area contributed by atoms with E-state index < -0.39 is 0 Å². The summed E-state index contributed by atoms with van der Waals surface area (Å²) in [5.74, 6) is 0.00817. The van der Waals surface area contributed by atoms with E-state index in [-0.39, 0.29) is 18.4 Å². The van der Waals surface area contributed by atoms with Crippen molar-refractivity contribution in [2.45, 2.75) is 39.7 Å². The molecule has 2 amide bonds. The summed E-state index contributed by atoms with van der Waals surface area (Å²) in [7, 11) is 3.41. The van der Waals surface area contributed by atoms with Gasteiger partial charge in [0, 0.05) is 39.6 Å². The highest BCUT2D eigenvalue weighted by Crippen LogP contribution is 1.98. The van der Waals surface area contributed by atoms with Gasteiger partial charge in [-0.1, -0.05) is 20.8 Å². The van der Waals surface area contributed by atoms with Crippen LogP contribution in [0.25, 0.3) is 0 Å². The van der Waals surface area contributed by atoms with Crippen LogP contribution in [0, 0.1) is 0 Å². The standard InChI is InChI=1S/C13H27N3O2/c1-6-9-16(10-13(18)15(4)5)12(17)7-8-14-11(2)3/h11,14H,6-10H2,1-5H3. The van der Waals surface area contributed by atoms with E-state index in [1.54, 1.807) is 19.0 Å². The molecule has 0 radical (unpaired) electrons. The molecule has 0 heterocycles. The predicted molar refractivity (Wildman–Crippen MR) is 73.3 cm³/mol. The van der Waals surface area contributed by atoms with Gasteiger partial charge in [-0.15, -0.1) is 0 Å². The Morgan fingerprint density at radius 2 is 1.78 bits per heavy atom. The minimum Gasteiger partial charge on any atom is -0.347 e. The summed E-state index contributed by atoms with van der Waals surface area (Å²) in [5.41, 5.74) is 0. The van der Waals surface area contributed by atoms with Gasteiger partial charge in [0.2, 0.25) is 11.8 Å². The number of hydrogen-bond acceptors (Lipinski definition) is 3. The van der Waals surface area contributed by atoms with Crippen molar-refractivity contribution >= 4 is 11.8 Å². The van der Waals surface area contributed by atoms with Crippen molar-refractivity contribution in [3.05, 3.63) is 0 Å². The molecule has 106 valence electrons. The first kappa shape index (κ1) is 16.9. The second-order valence-electron chi connectivity index (χ2n) is 4.96. The van der Waals surface area contributed by atoms with Gasteiger partial charge < -0.3 is 15.1 Å². The topological polar surface area (TPSA) is 52.7 Å². The fourth-order valence-electron chi connectivity index (χ4n) is 1.49. The van der Waals surface area contributed by atoms with E-state index in [0.717, 1.165) is 6.42 Å². The molecule has 18 heavy (non-hydrogen) atoms.